The average molecular weight is 373 g/mol. The number of hydrogen-bond donors (Lipinski definition) is 2. The molecule has 2 aromatic rings. The monoisotopic (exact) mass is 373 g/mol. The number of carboxylic acid groups (broad SMARTS) is 1. The summed E-state index contributed by atoms with van der Waals surface area (Å²) in [5, 5.41) is 12.4. The fraction of sp³-hybridized carbons (Fsp3) is 0.381. The number of aliphatic carboxylic acids is 1. The summed E-state index contributed by atoms with van der Waals surface area (Å²) >= 11 is 0. The molecule has 0 heterocycles. The van der Waals surface area contributed by atoms with Crippen molar-refractivity contribution in [2.75, 3.05) is 14.2 Å². The van der Waals surface area contributed by atoms with E-state index in [1.54, 1.807) is 32.4 Å². The largest absolute Gasteiger partial charge is 0.496 e. The highest BCUT2D eigenvalue weighted by atomic mass is 16.5. The van der Waals surface area contributed by atoms with Gasteiger partial charge in [-0.1, -0.05) is 26.0 Å². The third-order valence-corrected chi connectivity index (χ3v) is 4.04. The maximum atomic E-state index is 11.3. The lowest BCUT2D eigenvalue weighted by Gasteiger charge is -2.16. The minimum absolute atomic E-state index is 0.314. The van der Waals surface area contributed by atoms with Crippen LogP contribution in [-0.4, -0.2) is 31.3 Å². The molecule has 6 nitrogen and oxygen atoms in total. The van der Waals surface area contributed by atoms with Gasteiger partial charge in [-0.05, 0) is 30.0 Å². The standard InChI is InChI=1S/C21H27NO5/c1-14(2)9-20(21(23)24)22-13-15-5-7-16(8-6-15)27-19-11-17(25-3)10-18(12-19)26-4/h5-8,10-12,14,20,22H,9,13H2,1-4H3,(H,23,24). The molecule has 1 unspecified atom stereocenters. The smallest absolute Gasteiger partial charge is 0.320 e. The van der Waals surface area contributed by atoms with E-state index in [0.717, 1.165) is 5.56 Å². The van der Waals surface area contributed by atoms with Crippen LogP contribution < -0.4 is 19.5 Å². The van der Waals surface area contributed by atoms with Gasteiger partial charge in [-0.15, -0.1) is 0 Å². The molecule has 2 rings (SSSR count). The van der Waals surface area contributed by atoms with E-state index in [2.05, 4.69) is 5.32 Å². The van der Waals surface area contributed by atoms with Crippen LogP contribution in [0, 0.1) is 5.92 Å². The number of ether oxygens (including phenoxy) is 3. The number of carboxylic acids is 1. The highest BCUT2D eigenvalue weighted by Crippen LogP contribution is 2.30. The first-order chi connectivity index (χ1) is 12.9. The molecule has 0 saturated carbocycles. The number of hydrogen-bond acceptors (Lipinski definition) is 5. The molecule has 0 aliphatic heterocycles. The van der Waals surface area contributed by atoms with Crippen molar-refractivity contribution in [2.45, 2.75) is 32.9 Å². The quantitative estimate of drug-likeness (QED) is 0.653. The van der Waals surface area contributed by atoms with Crippen molar-refractivity contribution in [2.24, 2.45) is 5.92 Å². The van der Waals surface area contributed by atoms with Crippen molar-refractivity contribution in [1.29, 1.82) is 0 Å². The lowest BCUT2D eigenvalue weighted by molar-refractivity contribution is -0.140. The van der Waals surface area contributed by atoms with Crippen LogP contribution in [0.5, 0.6) is 23.0 Å². The van der Waals surface area contributed by atoms with Gasteiger partial charge in [0.2, 0.25) is 0 Å². The molecule has 0 aromatic heterocycles. The van der Waals surface area contributed by atoms with Gasteiger partial charge in [0, 0.05) is 24.7 Å². The first-order valence-corrected chi connectivity index (χ1v) is 8.87. The summed E-state index contributed by atoms with van der Waals surface area (Å²) in [7, 11) is 3.17. The van der Waals surface area contributed by atoms with E-state index in [9.17, 15) is 9.90 Å². The van der Waals surface area contributed by atoms with E-state index in [1.165, 1.54) is 0 Å². The Morgan fingerprint density at radius 1 is 0.963 bits per heavy atom. The van der Waals surface area contributed by atoms with Gasteiger partial charge in [0.25, 0.3) is 0 Å². The fourth-order valence-electron chi connectivity index (χ4n) is 2.64. The van der Waals surface area contributed by atoms with Gasteiger partial charge in [0.1, 0.15) is 29.0 Å². The lowest BCUT2D eigenvalue weighted by Crippen LogP contribution is -2.37. The zero-order valence-electron chi connectivity index (χ0n) is 16.2. The summed E-state index contributed by atoms with van der Waals surface area (Å²) in [4.78, 5) is 11.3. The second kappa shape index (κ2) is 9.83. The van der Waals surface area contributed by atoms with Crippen LogP contribution in [0.15, 0.2) is 42.5 Å². The van der Waals surface area contributed by atoms with Crippen molar-refractivity contribution in [3.05, 3.63) is 48.0 Å². The van der Waals surface area contributed by atoms with Crippen molar-refractivity contribution in [3.8, 4) is 23.0 Å². The van der Waals surface area contributed by atoms with E-state index in [-0.39, 0.29) is 0 Å². The molecule has 0 radical (unpaired) electrons. The first-order valence-electron chi connectivity index (χ1n) is 8.87. The summed E-state index contributed by atoms with van der Waals surface area (Å²) < 4.78 is 16.3. The van der Waals surface area contributed by atoms with Crippen LogP contribution in [0.4, 0.5) is 0 Å². The van der Waals surface area contributed by atoms with Crippen LogP contribution in [0.2, 0.25) is 0 Å². The second-order valence-corrected chi connectivity index (χ2v) is 6.70. The maximum Gasteiger partial charge on any atom is 0.320 e. The van der Waals surface area contributed by atoms with Crippen molar-refractivity contribution >= 4 is 5.97 Å². The minimum Gasteiger partial charge on any atom is -0.496 e. The SMILES string of the molecule is COc1cc(OC)cc(Oc2ccc(CNC(CC(C)C)C(=O)O)cc2)c1. The number of rotatable bonds is 10. The van der Waals surface area contributed by atoms with E-state index in [0.29, 0.717) is 41.9 Å². The van der Waals surface area contributed by atoms with Gasteiger partial charge in [0.05, 0.1) is 14.2 Å². The molecule has 2 aromatic carbocycles. The molecule has 2 N–H and O–H groups in total. The van der Waals surface area contributed by atoms with Gasteiger partial charge in [-0.3, -0.25) is 4.79 Å². The highest BCUT2D eigenvalue weighted by molar-refractivity contribution is 5.73. The summed E-state index contributed by atoms with van der Waals surface area (Å²) in [5.41, 5.74) is 0.987. The predicted octanol–water partition coefficient (Wildman–Crippen LogP) is 4.09. The highest BCUT2D eigenvalue weighted by Gasteiger charge is 2.17. The third kappa shape index (κ3) is 6.49. The van der Waals surface area contributed by atoms with Crippen LogP contribution in [0.1, 0.15) is 25.8 Å². The number of benzene rings is 2. The van der Waals surface area contributed by atoms with Crippen molar-refractivity contribution < 1.29 is 24.1 Å². The van der Waals surface area contributed by atoms with E-state index >= 15 is 0 Å². The van der Waals surface area contributed by atoms with Gasteiger partial charge < -0.3 is 24.6 Å². The molecule has 146 valence electrons. The predicted molar refractivity (Wildman–Crippen MR) is 104 cm³/mol. The Balaban J connectivity index is 2.00. The lowest BCUT2D eigenvalue weighted by atomic mass is 10.0. The first kappa shape index (κ1) is 20.6. The fourth-order valence-corrected chi connectivity index (χ4v) is 2.64. The van der Waals surface area contributed by atoms with Crippen LogP contribution >= 0.6 is 0 Å². The Hall–Kier alpha value is -2.73. The number of nitrogens with one attached hydrogen (secondary N) is 1. The number of methoxy groups -OCH3 is 2. The van der Waals surface area contributed by atoms with Crippen molar-refractivity contribution in [3.63, 3.8) is 0 Å². The Kier molecular flexibility index (Phi) is 7.49. The van der Waals surface area contributed by atoms with Crippen molar-refractivity contribution in [1.82, 2.24) is 5.32 Å². The summed E-state index contributed by atoms with van der Waals surface area (Å²) in [6, 6.07) is 12.3. The molecule has 1 atom stereocenters. The van der Waals surface area contributed by atoms with Gasteiger partial charge in [0.15, 0.2) is 0 Å². The minimum atomic E-state index is -0.823. The van der Waals surface area contributed by atoms with Crippen LogP contribution in [-0.2, 0) is 11.3 Å². The molecule has 0 saturated heterocycles. The van der Waals surface area contributed by atoms with E-state index < -0.39 is 12.0 Å². The maximum absolute atomic E-state index is 11.3. The normalized spacial score (nSPS) is 11.9. The zero-order chi connectivity index (χ0) is 19.8. The van der Waals surface area contributed by atoms with E-state index in [1.807, 2.05) is 38.1 Å². The molecule has 0 aliphatic carbocycles. The molecule has 0 amide bonds. The van der Waals surface area contributed by atoms with Gasteiger partial charge >= 0.3 is 5.97 Å². The second-order valence-electron chi connectivity index (χ2n) is 6.70. The van der Waals surface area contributed by atoms with E-state index in [4.69, 9.17) is 14.2 Å². The summed E-state index contributed by atoms with van der Waals surface area (Å²) in [6.45, 7) is 4.51. The molecule has 0 bridgehead atoms. The van der Waals surface area contributed by atoms with Crippen LogP contribution in [0.3, 0.4) is 0 Å². The van der Waals surface area contributed by atoms with Gasteiger partial charge in [-0.2, -0.15) is 0 Å². The van der Waals surface area contributed by atoms with Crippen LogP contribution in [0.25, 0.3) is 0 Å². The number of carbonyl (C=O) groups is 1. The molecule has 0 fully saturated rings. The van der Waals surface area contributed by atoms with Gasteiger partial charge in [-0.25, -0.2) is 0 Å². The summed E-state index contributed by atoms with van der Waals surface area (Å²) in [6.07, 6.45) is 0.591. The zero-order valence-corrected chi connectivity index (χ0v) is 16.2. The Morgan fingerprint density at radius 2 is 1.52 bits per heavy atom. The topological polar surface area (TPSA) is 77.0 Å². The average Bonchev–Trinajstić information content (AvgIpc) is 2.65. The molecule has 27 heavy (non-hydrogen) atoms. The Bertz CT molecular complexity index is 720. The Labute approximate surface area is 160 Å². The molecular formula is C21H27NO5. The third-order valence-electron chi connectivity index (χ3n) is 4.04. The molecule has 0 aliphatic rings. The molecular weight excluding hydrogens is 346 g/mol. The molecule has 6 heteroatoms. The molecule has 0 spiro atoms. The Morgan fingerprint density at radius 3 is 2.00 bits per heavy atom. The summed E-state index contributed by atoms with van der Waals surface area (Å²) in [5.74, 6) is 2.07.